The molecule has 0 spiro atoms. The Kier molecular flexibility index (Phi) is 9.75. The number of amides is 4. The lowest BCUT2D eigenvalue weighted by atomic mass is 10.2. The third-order valence-corrected chi connectivity index (χ3v) is 7.16. The average Bonchev–Trinajstić information content (AvgIpc) is 2.81. The molecule has 1 aliphatic rings. The van der Waals surface area contributed by atoms with Crippen molar-refractivity contribution in [1.29, 1.82) is 0 Å². The van der Waals surface area contributed by atoms with Crippen LogP contribution in [0, 0.1) is 13.8 Å². The van der Waals surface area contributed by atoms with Crippen molar-refractivity contribution >= 4 is 33.8 Å². The van der Waals surface area contributed by atoms with E-state index in [0.717, 1.165) is 5.56 Å². The summed E-state index contributed by atoms with van der Waals surface area (Å²) in [5.74, 6) is -1.87. The molecule has 0 aliphatic carbocycles. The van der Waals surface area contributed by atoms with Gasteiger partial charge in [0.2, 0.25) is 15.9 Å². The molecule has 2 N–H and O–H groups in total. The first-order valence-electron chi connectivity index (χ1n) is 10.7. The minimum absolute atomic E-state index is 0.135. The number of piperazine rings is 1. The van der Waals surface area contributed by atoms with Crippen molar-refractivity contribution < 1.29 is 32.3 Å². The van der Waals surface area contributed by atoms with Gasteiger partial charge in [-0.05, 0) is 31.0 Å². The van der Waals surface area contributed by atoms with Gasteiger partial charge in [-0.25, -0.2) is 13.2 Å². The molecule has 1 saturated heterocycles. The largest absolute Gasteiger partial charge is 0.456 e. The van der Waals surface area contributed by atoms with Gasteiger partial charge in [-0.2, -0.15) is 4.31 Å². The molecular weight excluding hydrogens is 464 g/mol. The summed E-state index contributed by atoms with van der Waals surface area (Å²) in [7, 11) is -3.67. The molecule has 0 bridgehead atoms. The number of imide groups is 1. The molecule has 4 amide bonds. The molecule has 0 aromatic heterocycles. The lowest BCUT2D eigenvalue weighted by Gasteiger charge is -2.34. The predicted octanol–water partition coefficient (Wildman–Crippen LogP) is 0.472. The average molecular weight is 495 g/mol. The number of nitrogens with one attached hydrogen (secondary N) is 2. The quantitative estimate of drug-likeness (QED) is 0.375. The maximum atomic E-state index is 13.0. The van der Waals surface area contributed by atoms with Crippen molar-refractivity contribution in [1.82, 2.24) is 19.8 Å². The van der Waals surface area contributed by atoms with Crippen LogP contribution in [0.15, 0.2) is 35.7 Å². The van der Waals surface area contributed by atoms with Crippen LogP contribution in [0.1, 0.15) is 24.0 Å². The maximum Gasteiger partial charge on any atom is 0.321 e. The van der Waals surface area contributed by atoms with Crippen molar-refractivity contribution in [3.63, 3.8) is 0 Å². The smallest absolute Gasteiger partial charge is 0.321 e. The zero-order chi connectivity index (χ0) is 25.3. The number of esters is 1. The second kappa shape index (κ2) is 12.3. The molecule has 34 heavy (non-hydrogen) atoms. The van der Waals surface area contributed by atoms with Gasteiger partial charge in [-0.3, -0.25) is 19.7 Å². The first-order chi connectivity index (χ1) is 16.0. The molecule has 1 aliphatic heterocycles. The van der Waals surface area contributed by atoms with Crippen molar-refractivity contribution in [2.45, 2.75) is 31.6 Å². The third-order valence-electron chi connectivity index (χ3n) is 5.12. The normalized spacial score (nSPS) is 14.2. The fourth-order valence-corrected chi connectivity index (χ4v) is 4.99. The fourth-order valence-electron chi connectivity index (χ4n) is 3.26. The summed E-state index contributed by atoms with van der Waals surface area (Å²) < 4.78 is 32.1. The highest BCUT2D eigenvalue weighted by molar-refractivity contribution is 7.89. The lowest BCUT2D eigenvalue weighted by Crippen LogP contribution is -2.50. The Labute approximate surface area is 199 Å². The molecule has 11 nitrogen and oxygen atoms in total. The van der Waals surface area contributed by atoms with E-state index in [1.54, 1.807) is 19.1 Å². The highest BCUT2D eigenvalue weighted by Crippen LogP contribution is 2.22. The van der Waals surface area contributed by atoms with E-state index < -0.39 is 34.5 Å². The number of carbonyl (C=O) groups excluding carboxylic acids is 4. The molecule has 1 aromatic carbocycles. The number of hydrogen-bond donors (Lipinski definition) is 2. The summed E-state index contributed by atoms with van der Waals surface area (Å²) in [6, 6.07) is 4.52. The van der Waals surface area contributed by atoms with E-state index in [9.17, 15) is 27.6 Å². The summed E-state index contributed by atoms with van der Waals surface area (Å²) in [5, 5.41) is 4.31. The van der Waals surface area contributed by atoms with Crippen LogP contribution in [0.25, 0.3) is 0 Å². The molecule has 0 radical (unpaired) electrons. The number of benzene rings is 1. The molecule has 2 rings (SSSR count). The van der Waals surface area contributed by atoms with Crippen LogP contribution >= 0.6 is 0 Å². The minimum Gasteiger partial charge on any atom is -0.456 e. The Morgan fingerprint density at radius 2 is 1.76 bits per heavy atom. The number of sulfonamides is 1. The molecule has 12 heteroatoms. The zero-order valence-electron chi connectivity index (χ0n) is 19.3. The summed E-state index contributed by atoms with van der Waals surface area (Å²) >= 11 is 0. The number of rotatable bonds is 9. The first-order valence-corrected chi connectivity index (χ1v) is 12.2. The van der Waals surface area contributed by atoms with Gasteiger partial charge in [0.15, 0.2) is 6.61 Å². The highest BCUT2D eigenvalue weighted by Gasteiger charge is 2.31. The van der Waals surface area contributed by atoms with Gasteiger partial charge in [0.05, 0.1) is 11.3 Å². The van der Waals surface area contributed by atoms with Gasteiger partial charge in [0.25, 0.3) is 5.91 Å². The molecule has 1 heterocycles. The van der Waals surface area contributed by atoms with E-state index in [2.05, 4.69) is 11.9 Å². The van der Waals surface area contributed by atoms with Gasteiger partial charge < -0.3 is 15.0 Å². The Bertz CT molecular complexity index is 1050. The zero-order valence-corrected chi connectivity index (χ0v) is 20.2. The fraction of sp³-hybridized carbons (Fsp3) is 0.455. The van der Waals surface area contributed by atoms with Crippen LogP contribution in [-0.4, -0.2) is 80.8 Å². The number of ether oxygens (including phenoxy) is 1. The number of hydrogen-bond acceptors (Lipinski definition) is 7. The number of aryl methyl sites for hydroxylation is 2. The summed E-state index contributed by atoms with van der Waals surface area (Å²) in [6.07, 6.45) is 1.06. The van der Waals surface area contributed by atoms with Crippen molar-refractivity contribution in [2.75, 3.05) is 39.3 Å². The molecule has 1 aromatic rings. The Morgan fingerprint density at radius 1 is 1.09 bits per heavy atom. The monoisotopic (exact) mass is 494 g/mol. The number of urea groups is 1. The molecule has 186 valence electrons. The van der Waals surface area contributed by atoms with Gasteiger partial charge in [-0.15, -0.1) is 6.58 Å². The van der Waals surface area contributed by atoms with Crippen LogP contribution in [0.2, 0.25) is 0 Å². The third kappa shape index (κ3) is 7.66. The molecule has 1 fully saturated rings. The second-order valence-electron chi connectivity index (χ2n) is 7.76. The van der Waals surface area contributed by atoms with Crippen molar-refractivity contribution in [3.05, 3.63) is 42.0 Å². The van der Waals surface area contributed by atoms with E-state index in [4.69, 9.17) is 4.74 Å². The summed E-state index contributed by atoms with van der Waals surface area (Å²) in [6.45, 7) is 7.23. The van der Waals surface area contributed by atoms with Gasteiger partial charge >= 0.3 is 12.0 Å². The first kappa shape index (κ1) is 27.0. The summed E-state index contributed by atoms with van der Waals surface area (Å²) in [5.41, 5.74) is 1.51. The molecule has 0 unspecified atom stereocenters. The second-order valence-corrected chi connectivity index (χ2v) is 9.67. The van der Waals surface area contributed by atoms with Crippen LogP contribution in [0.4, 0.5) is 4.79 Å². The molecule has 0 saturated carbocycles. The van der Waals surface area contributed by atoms with Crippen LogP contribution in [-0.2, 0) is 29.1 Å². The van der Waals surface area contributed by atoms with Gasteiger partial charge in [0.1, 0.15) is 0 Å². The van der Waals surface area contributed by atoms with Crippen LogP contribution < -0.4 is 10.6 Å². The van der Waals surface area contributed by atoms with E-state index >= 15 is 0 Å². The Morgan fingerprint density at radius 3 is 2.41 bits per heavy atom. The topological polar surface area (TPSA) is 142 Å². The maximum absolute atomic E-state index is 13.0. The van der Waals surface area contributed by atoms with E-state index in [1.807, 2.05) is 18.3 Å². The highest BCUT2D eigenvalue weighted by atomic mass is 32.2. The Balaban J connectivity index is 1.76. The number of nitrogens with zero attached hydrogens (tertiary/aromatic N) is 2. The van der Waals surface area contributed by atoms with Crippen molar-refractivity contribution in [3.8, 4) is 0 Å². The standard InChI is InChI=1S/C22H30N4O7S/c1-4-9-23-22(30)24-19(27)15-33-21(29)8-7-20(28)25-10-12-26(13-11-25)34(31,32)18-14-16(2)5-6-17(18)3/h4-6,14H,1,7-13,15H2,2-3H3,(H2,23,24,27,30). The lowest BCUT2D eigenvalue weighted by molar-refractivity contribution is -0.149. The van der Waals surface area contributed by atoms with E-state index in [-0.39, 0.29) is 56.4 Å². The molecular formula is C22H30N4O7S. The van der Waals surface area contributed by atoms with E-state index in [1.165, 1.54) is 15.3 Å². The van der Waals surface area contributed by atoms with Gasteiger partial charge in [0, 0.05) is 39.1 Å². The SMILES string of the molecule is C=CCNC(=O)NC(=O)COC(=O)CCC(=O)N1CCN(S(=O)(=O)c2cc(C)ccc2C)CC1. The van der Waals surface area contributed by atoms with Crippen LogP contribution in [0.5, 0.6) is 0 Å². The van der Waals surface area contributed by atoms with Gasteiger partial charge in [-0.1, -0.05) is 18.2 Å². The van der Waals surface area contributed by atoms with Crippen molar-refractivity contribution in [2.24, 2.45) is 0 Å². The predicted molar refractivity (Wildman–Crippen MR) is 123 cm³/mol. The number of carbonyl (C=O) groups is 4. The molecule has 0 atom stereocenters. The van der Waals surface area contributed by atoms with Crippen LogP contribution in [0.3, 0.4) is 0 Å². The Hall–Kier alpha value is -3.25. The summed E-state index contributed by atoms with van der Waals surface area (Å²) in [4.78, 5) is 48.9. The van der Waals surface area contributed by atoms with E-state index in [0.29, 0.717) is 5.56 Å². The minimum atomic E-state index is -3.67.